The molecule has 20 heavy (non-hydrogen) atoms. The second kappa shape index (κ2) is 6.73. The van der Waals surface area contributed by atoms with Gasteiger partial charge in [0.25, 0.3) is 0 Å². The van der Waals surface area contributed by atoms with Crippen LogP contribution in [0, 0.1) is 11.8 Å². The SMILES string of the molecule is CNCC(C)(CN1CCC(C(C)C)C1)c1ccccc1. The van der Waals surface area contributed by atoms with E-state index in [1.54, 1.807) is 0 Å². The Kier molecular flexibility index (Phi) is 5.22. The van der Waals surface area contributed by atoms with Crippen molar-refractivity contribution < 1.29 is 0 Å². The molecule has 0 aromatic heterocycles. The fourth-order valence-corrected chi connectivity index (χ4v) is 3.52. The van der Waals surface area contributed by atoms with Gasteiger partial charge in [-0.3, -0.25) is 0 Å². The van der Waals surface area contributed by atoms with E-state index >= 15 is 0 Å². The summed E-state index contributed by atoms with van der Waals surface area (Å²) in [5.74, 6) is 1.69. The number of nitrogens with zero attached hydrogens (tertiary/aromatic N) is 1. The molecule has 2 rings (SSSR count). The van der Waals surface area contributed by atoms with Gasteiger partial charge in [0.05, 0.1) is 0 Å². The second-order valence-corrected chi connectivity index (χ2v) is 6.98. The number of likely N-dealkylation sites (N-methyl/N-ethyl adjacent to an activating group) is 1. The highest BCUT2D eigenvalue weighted by atomic mass is 15.2. The molecule has 1 fully saturated rings. The van der Waals surface area contributed by atoms with Gasteiger partial charge in [0.1, 0.15) is 0 Å². The fraction of sp³-hybridized carbons (Fsp3) is 0.667. The maximum Gasteiger partial charge on any atom is 0.0176 e. The Morgan fingerprint density at radius 1 is 1.30 bits per heavy atom. The third-order valence-corrected chi connectivity index (χ3v) is 4.86. The van der Waals surface area contributed by atoms with Gasteiger partial charge in [-0.25, -0.2) is 0 Å². The molecule has 0 amide bonds. The largest absolute Gasteiger partial charge is 0.319 e. The van der Waals surface area contributed by atoms with E-state index in [9.17, 15) is 0 Å². The lowest BCUT2D eigenvalue weighted by molar-refractivity contribution is 0.237. The minimum atomic E-state index is 0.196. The van der Waals surface area contributed by atoms with Crippen LogP contribution >= 0.6 is 0 Å². The van der Waals surface area contributed by atoms with Gasteiger partial charge < -0.3 is 10.2 Å². The maximum atomic E-state index is 3.39. The van der Waals surface area contributed by atoms with Crippen molar-refractivity contribution in [3.63, 3.8) is 0 Å². The van der Waals surface area contributed by atoms with E-state index in [0.717, 1.165) is 24.9 Å². The van der Waals surface area contributed by atoms with E-state index in [1.165, 1.54) is 25.1 Å². The average molecular weight is 274 g/mol. The Balaban J connectivity index is 2.07. The smallest absolute Gasteiger partial charge is 0.0176 e. The van der Waals surface area contributed by atoms with Crippen LogP contribution in [0.15, 0.2) is 30.3 Å². The first-order valence-electron chi connectivity index (χ1n) is 7.97. The molecule has 1 saturated heterocycles. The third kappa shape index (κ3) is 3.62. The summed E-state index contributed by atoms with van der Waals surface area (Å²) >= 11 is 0. The molecule has 1 aliphatic heterocycles. The van der Waals surface area contributed by atoms with Gasteiger partial charge in [-0.1, -0.05) is 51.1 Å². The predicted octanol–water partition coefficient (Wildman–Crippen LogP) is 3.14. The molecule has 1 aromatic rings. The van der Waals surface area contributed by atoms with Crippen molar-refractivity contribution in [3.8, 4) is 0 Å². The number of nitrogens with one attached hydrogen (secondary N) is 1. The van der Waals surface area contributed by atoms with Gasteiger partial charge in [0.2, 0.25) is 0 Å². The summed E-state index contributed by atoms with van der Waals surface area (Å²) in [6.45, 7) is 11.8. The van der Waals surface area contributed by atoms with Gasteiger partial charge >= 0.3 is 0 Å². The molecule has 0 saturated carbocycles. The van der Waals surface area contributed by atoms with Gasteiger partial charge in [0, 0.05) is 25.0 Å². The Bertz CT molecular complexity index is 401. The van der Waals surface area contributed by atoms with Gasteiger partial charge in [-0.05, 0) is 37.4 Å². The van der Waals surface area contributed by atoms with Crippen molar-refractivity contribution in [2.24, 2.45) is 11.8 Å². The van der Waals surface area contributed by atoms with Crippen molar-refractivity contribution in [1.29, 1.82) is 0 Å². The van der Waals surface area contributed by atoms with E-state index in [0.29, 0.717) is 0 Å². The third-order valence-electron chi connectivity index (χ3n) is 4.86. The average Bonchev–Trinajstić information content (AvgIpc) is 2.88. The monoisotopic (exact) mass is 274 g/mol. The summed E-state index contributed by atoms with van der Waals surface area (Å²) in [5.41, 5.74) is 1.64. The van der Waals surface area contributed by atoms with Crippen LogP contribution < -0.4 is 5.32 Å². The molecular formula is C18H30N2. The van der Waals surface area contributed by atoms with Gasteiger partial charge in [-0.15, -0.1) is 0 Å². The minimum absolute atomic E-state index is 0.196. The summed E-state index contributed by atoms with van der Waals surface area (Å²) < 4.78 is 0. The zero-order chi connectivity index (χ0) is 14.6. The molecule has 1 heterocycles. The minimum Gasteiger partial charge on any atom is -0.319 e. The molecule has 0 spiro atoms. The Morgan fingerprint density at radius 2 is 2.00 bits per heavy atom. The summed E-state index contributed by atoms with van der Waals surface area (Å²) in [6.07, 6.45) is 1.36. The lowest BCUT2D eigenvalue weighted by Gasteiger charge is -2.34. The van der Waals surface area contributed by atoms with Crippen molar-refractivity contribution >= 4 is 0 Å². The van der Waals surface area contributed by atoms with E-state index in [1.807, 2.05) is 0 Å². The number of hydrogen-bond donors (Lipinski definition) is 1. The van der Waals surface area contributed by atoms with Crippen LogP contribution in [0.3, 0.4) is 0 Å². The molecule has 1 N–H and O–H groups in total. The van der Waals surface area contributed by atoms with Crippen LogP contribution in [0.2, 0.25) is 0 Å². The van der Waals surface area contributed by atoms with Crippen LogP contribution in [0.1, 0.15) is 32.8 Å². The molecule has 2 nitrogen and oxygen atoms in total. The first-order chi connectivity index (χ1) is 9.55. The standard InChI is InChI=1S/C18H30N2/c1-15(2)16-10-11-20(12-16)14-18(3,13-19-4)17-8-6-5-7-9-17/h5-9,15-16,19H,10-14H2,1-4H3. The van der Waals surface area contributed by atoms with Crippen LogP contribution in [-0.4, -0.2) is 38.1 Å². The normalized spacial score (nSPS) is 23.1. The van der Waals surface area contributed by atoms with Gasteiger partial charge in [-0.2, -0.15) is 0 Å². The Labute approximate surface area is 124 Å². The Hall–Kier alpha value is -0.860. The van der Waals surface area contributed by atoms with E-state index in [-0.39, 0.29) is 5.41 Å². The lowest BCUT2D eigenvalue weighted by Crippen LogP contribution is -2.44. The maximum absolute atomic E-state index is 3.39. The van der Waals surface area contributed by atoms with Crippen LogP contribution in [0.25, 0.3) is 0 Å². The molecule has 2 unspecified atom stereocenters. The summed E-state index contributed by atoms with van der Waals surface area (Å²) in [4.78, 5) is 2.66. The van der Waals surface area contributed by atoms with Crippen LogP contribution in [-0.2, 0) is 5.41 Å². The second-order valence-electron chi connectivity index (χ2n) is 6.98. The molecule has 0 aliphatic carbocycles. The number of likely N-dealkylation sites (tertiary alicyclic amines) is 1. The quantitative estimate of drug-likeness (QED) is 0.857. The molecule has 2 atom stereocenters. The first-order valence-corrected chi connectivity index (χ1v) is 7.97. The van der Waals surface area contributed by atoms with E-state index in [2.05, 4.69) is 68.4 Å². The zero-order valence-corrected chi connectivity index (χ0v) is 13.5. The molecule has 1 aromatic carbocycles. The summed E-state index contributed by atoms with van der Waals surface area (Å²) in [5, 5.41) is 3.39. The highest BCUT2D eigenvalue weighted by Gasteiger charge is 2.32. The van der Waals surface area contributed by atoms with E-state index < -0.39 is 0 Å². The topological polar surface area (TPSA) is 15.3 Å². The van der Waals surface area contributed by atoms with Gasteiger partial charge in [0.15, 0.2) is 0 Å². The summed E-state index contributed by atoms with van der Waals surface area (Å²) in [6, 6.07) is 11.0. The molecular weight excluding hydrogens is 244 g/mol. The van der Waals surface area contributed by atoms with Crippen LogP contribution in [0.4, 0.5) is 0 Å². The van der Waals surface area contributed by atoms with Crippen molar-refractivity contribution in [1.82, 2.24) is 10.2 Å². The Morgan fingerprint density at radius 3 is 2.55 bits per heavy atom. The molecule has 112 valence electrons. The van der Waals surface area contributed by atoms with E-state index in [4.69, 9.17) is 0 Å². The lowest BCUT2D eigenvalue weighted by atomic mass is 9.81. The molecule has 2 heteroatoms. The molecule has 1 aliphatic rings. The predicted molar refractivity (Wildman–Crippen MR) is 87.1 cm³/mol. The highest BCUT2D eigenvalue weighted by Crippen LogP contribution is 2.29. The van der Waals surface area contributed by atoms with Crippen molar-refractivity contribution in [2.45, 2.75) is 32.6 Å². The number of hydrogen-bond acceptors (Lipinski definition) is 2. The van der Waals surface area contributed by atoms with Crippen LogP contribution in [0.5, 0.6) is 0 Å². The number of benzene rings is 1. The zero-order valence-electron chi connectivity index (χ0n) is 13.5. The number of rotatable bonds is 6. The fourth-order valence-electron chi connectivity index (χ4n) is 3.52. The summed E-state index contributed by atoms with van der Waals surface area (Å²) in [7, 11) is 2.06. The van der Waals surface area contributed by atoms with Crippen molar-refractivity contribution in [3.05, 3.63) is 35.9 Å². The molecule has 0 bridgehead atoms. The highest BCUT2D eigenvalue weighted by molar-refractivity contribution is 5.25. The molecule has 0 radical (unpaired) electrons. The first kappa shape index (κ1) is 15.5. The van der Waals surface area contributed by atoms with Crippen molar-refractivity contribution in [2.75, 3.05) is 33.2 Å².